The average Bonchev–Trinajstić information content (AvgIpc) is 1.96. The number of hydrogen-bond donors (Lipinski definition) is 1. The number of unbranched alkanes of at least 4 members (excludes halogenated alkanes) is 2. The van der Waals surface area contributed by atoms with Crippen LogP contribution < -0.4 is 0 Å². The third kappa shape index (κ3) is 9.96. The van der Waals surface area contributed by atoms with Crippen molar-refractivity contribution in [3.8, 4) is 0 Å². The lowest BCUT2D eigenvalue weighted by Crippen LogP contribution is -1.87. The molecule has 0 radical (unpaired) electrons. The highest BCUT2D eigenvalue weighted by Gasteiger charge is 1.96. The molecule has 0 aromatic heterocycles. The van der Waals surface area contributed by atoms with E-state index in [0.29, 0.717) is 6.54 Å². The summed E-state index contributed by atoms with van der Waals surface area (Å²) in [6.45, 7) is 0.693. The molecule has 0 heterocycles. The predicted molar refractivity (Wildman–Crippen MR) is 49.0 cm³/mol. The van der Waals surface area contributed by atoms with E-state index in [1.807, 2.05) is 6.01 Å². The number of halogens is 2. The molecular formula is C7H12Cl2N2. The van der Waals surface area contributed by atoms with Crippen LogP contribution in [-0.4, -0.2) is 17.4 Å². The van der Waals surface area contributed by atoms with E-state index in [9.17, 15) is 0 Å². The Morgan fingerprint density at radius 2 is 2.00 bits per heavy atom. The van der Waals surface area contributed by atoms with Gasteiger partial charge in [-0.05, 0) is 12.8 Å². The summed E-state index contributed by atoms with van der Waals surface area (Å²) in [5, 5.41) is 6.49. The van der Waals surface area contributed by atoms with Gasteiger partial charge in [-0.15, -0.1) is 23.2 Å². The molecule has 0 saturated heterocycles. The van der Waals surface area contributed by atoms with Gasteiger partial charge in [-0.1, -0.05) is 12.8 Å². The second-order valence-corrected chi connectivity index (χ2v) is 3.51. The number of hydrogen-bond acceptors (Lipinski definition) is 2. The lowest BCUT2D eigenvalue weighted by molar-refractivity contribution is 0.668. The van der Waals surface area contributed by atoms with Gasteiger partial charge < -0.3 is 0 Å². The Kier molecular flexibility index (Phi) is 8.03. The van der Waals surface area contributed by atoms with Crippen LogP contribution in [0, 0.1) is 5.41 Å². The lowest BCUT2D eigenvalue weighted by atomic mass is 10.2. The molecule has 0 aromatic rings. The van der Waals surface area contributed by atoms with Crippen molar-refractivity contribution in [3.05, 3.63) is 0 Å². The maximum atomic E-state index is 6.49. The summed E-state index contributed by atoms with van der Waals surface area (Å²) in [5.41, 5.74) is 0. The maximum absolute atomic E-state index is 6.49. The van der Waals surface area contributed by atoms with Gasteiger partial charge in [-0.25, -0.2) is 10.4 Å². The Morgan fingerprint density at radius 3 is 2.55 bits per heavy atom. The van der Waals surface area contributed by atoms with Crippen LogP contribution in [0.15, 0.2) is 4.99 Å². The summed E-state index contributed by atoms with van der Waals surface area (Å²) in [4.78, 5) is 3.40. The van der Waals surface area contributed by atoms with Gasteiger partial charge in [0.25, 0.3) is 0 Å². The first kappa shape index (κ1) is 11.0. The Labute approximate surface area is 77.1 Å². The molecule has 1 N–H and O–H groups in total. The monoisotopic (exact) mass is 194 g/mol. The normalized spacial score (nSPS) is 9.73. The number of rotatable bonds is 6. The summed E-state index contributed by atoms with van der Waals surface area (Å²) < 4.78 is 0. The maximum Gasteiger partial charge on any atom is 0.107 e. The van der Waals surface area contributed by atoms with Gasteiger partial charge >= 0.3 is 0 Å². The fourth-order valence-electron chi connectivity index (χ4n) is 0.722. The van der Waals surface area contributed by atoms with Crippen LogP contribution in [0.1, 0.15) is 25.7 Å². The molecule has 0 bridgehead atoms. The van der Waals surface area contributed by atoms with E-state index in [1.54, 1.807) is 0 Å². The highest BCUT2D eigenvalue weighted by Crippen LogP contribution is 2.11. The van der Waals surface area contributed by atoms with Gasteiger partial charge in [0.05, 0.1) is 6.01 Å². The molecule has 0 spiro atoms. The summed E-state index contributed by atoms with van der Waals surface area (Å²) in [6.07, 6.45) is 3.94. The Bertz CT molecular complexity index is 130. The van der Waals surface area contributed by atoms with E-state index < -0.39 is 0 Å². The fourth-order valence-corrected chi connectivity index (χ4v) is 1.03. The molecule has 0 aliphatic rings. The molecule has 0 atom stereocenters. The molecule has 4 heteroatoms. The van der Waals surface area contributed by atoms with Crippen molar-refractivity contribution in [1.29, 1.82) is 5.41 Å². The Hall–Kier alpha value is -0.0400. The summed E-state index contributed by atoms with van der Waals surface area (Å²) in [5.74, 6) is 0. The smallest absolute Gasteiger partial charge is 0.107 e. The van der Waals surface area contributed by atoms with Crippen molar-refractivity contribution >= 4 is 29.2 Å². The minimum Gasteiger partial charge on any atom is -0.242 e. The SMILES string of the molecule is N=C=NCCCCCC(Cl)Cl. The van der Waals surface area contributed by atoms with Crippen molar-refractivity contribution in [1.82, 2.24) is 0 Å². The molecule has 0 aliphatic carbocycles. The Morgan fingerprint density at radius 1 is 1.27 bits per heavy atom. The largest absolute Gasteiger partial charge is 0.242 e. The molecule has 0 saturated carbocycles. The topological polar surface area (TPSA) is 36.2 Å². The summed E-state index contributed by atoms with van der Waals surface area (Å²) in [6, 6.07) is 1.99. The minimum absolute atomic E-state index is 0.235. The van der Waals surface area contributed by atoms with E-state index in [4.69, 9.17) is 28.6 Å². The van der Waals surface area contributed by atoms with Gasteiger partial charge in [0.15, 0.2) is 0 Å². The summed E-state index contributed by atoms with van der Waals surface area (Å²) in [7, 11) is 0. The highest BCUT2D eigenvalue weighted by atomic mass is 35.5. The predicted octanol–water partition coefficient (Wildman–Crippen LogP) is 3.10. The quantitative estimate of drug-likeness (QED) is 0.384. The van der Waals surface area contributed by atoms with Crippen LogP contribution in [0.4, 0.5) is 0 Å². The van der Waals surface area contributed by atoms with Crippen molar-refractivity contribution < 1.29 is 0 Å². The van der Waals surface area contributed by atoms with Crippen LogP contribution in [0.5, 0.6) is 0 Å². The van der Waals surface area contributed by atoms with Gasteiger partial charge in [0.1, 0.15) is 4.84 Å². The number of nitrogens with one attached hydrogen (secondary N) is 1. The number of alkyl halides is 2. The number of aliphatic imine (C=N–C) groups is 1. The van der Waals surface area contributed by atoms with Crippen LogP contribution in [0.3, 0.4) is 0 Å². The van der Waals surface area contributed by atoms with Crippen LogP contribution in [-0.2, 0) is 0 Å². The summed E-state index contributed by atoms with van der Waals surface area (Å²) >= 11 is 11.0. The highest BCUT2D eigenvalue weighted by molar-refractivity contribution is 6.44. The van der Waals surface area contributed by atoms with Gasteiger partial charge in [-0.3, -0.25) is 0 Å². The van der Waals surface area contributed by atoms with Gasteiger partial charge in [0.2, 0.25) is 0 Å². The zero-order chi connectivity index (χ0) is 8.53. The zero-order valence-electron chi connectivity index (χ0n) is 6.32. The second-order valence-electron chi connectivity index (χ2n) is 2.23. The molecule has 64 valence electrons. The molecule has 0 aromatic carbocycles. The zero-order valence-corrected chi connectivity index (χ0v) is 7.83. The van der Waals surface area contributed by atoms with E-state index in [-0.39, 0.29) is 4.84 Å². The first-order valence-corrected chi connectivity index (χ1v) is 4.51. The first-order chi connectivity index (χ1) is 5.27. The third-order valence-corrected chi connectivity index (χ3v) is 1.71. The van der Waals surface area contributed by atoms with Crippen LogP contribution in [0.2, 0.25) is 0 Å². The molecule has 0 fully saturated rings. The van der Waals surface area contributed by atoms with E-state index >= 15 is 0 Å². The van der Waals surface area contributed by atoms with Crippen molar-refractivity contribution in [2.75, 3.05) is 6.54 Å². The van der Waals surface area contributed by atoms with E-state index in [0.717, 1.165) is 25.7 Å². The first-order valence-electron chi connectivity index (χ1n) is 3.63. The van der Waals surface area contributed by atoms with Crippen LogP contribution in [0.25, 0.3) is 0 Å². The Balaban J connectivity index is 2.96. The molecule has 2 nitrogen and oxygen atoms in total. The molecule has 0 rings (SSSR count). The standard InChI is InChI=1S/C7H12Cl2N2/c8-7(9)4-2-1-3-5-11-6-10/h7,10H,1-5H2. The van der Waals surface area contributed by atoms with Crippen molar-refractivity contribution in [2.24, 2.45) is 4.99 Å². The third-order valence-electron chi connectivity index (χ3n) is 1.27. The lowest BCUT2D eigenvalue weighted by Gasteiger charge is -1.98. The number of nitrogens with zero attached hydrogens (tertiary/aromatic N) is 1. The second kappa shape index (κ2) is 8.06. The van der Waals surface area contributed by atoms with Crippen LogP contribution >= 0.6 is 23.2 Å². The molecule has 0 aliphatic heterocycles. The molecule has 0 unspecified atom stereocenters. The van der Waals surface area contributed by atoms with E-state index in [2.05, 4.69) is 4.99 Å². The molecule has 11 heavy (non-hydrogen) atoms. The molecule has 0 amide bonds. The van der Waals surface area contributed by atoms with Gasteiger partial charge in [-0.2, -0.15) is 0 Å². The molecular weight excluding hydrogens is 183 g/mol. The fraction of sp³-hybridized carbons (Fsp3) is 0.857. The van der Waals surface area contributed by atoms with Crippen molar-refractivity contribution in [3.63, 3.8) is 0 Å². The van der Waals surface area contributed by atoms with Gasteiger partial charge in [0, 0.05) is 6.54 Å². The van der Waals surface area contributed by atoms with Crippen molar-refractivity contribution in [2.45, 2.75) is 30.5 Å². The minimum atomic E-state index is -0.235. The van der Waals surface area contributed by atoms with E-state index in [1.165, 1.54) is 0 Å². The average molecular weight is 195 g/mol.